The van der Waals surface area contributed by atoms with Crippen LogP contribution >= 0.6 is 27.3 Å². The summed E-state index contributed by atoms with van der Waals surface area (Å²) in [6.07, 6.45) is 3.26. The second-order valence-electron chi connectivity index (χ2n) is 7.01. The largest absolute Gasteiger partial charge is 0.102 e. The van der Waals surface area contributed by atoms with Gasteiger partial charge in [0.25, 0.3) is 0 Å². The van der Waals surface area contributed by atoms with Gasteiger partial charge in [-0.1, -0.05) is 67.9 Å². The van der Waals surface area contributed by atoms with Gasteiger partial charge in [-0.2, -0.15) is 6.54 Å². The zero-order valence-corrected chi connectivity index (χ0v) is 23.5. The Hall–Kier alpha value is -0.787. The molecule has 0 aliphatic rings. The van der Waals surface area contributed by atoms with Gasteiger partial charge in [0, 0.05) is 13.2 Å². The van der Waals surface area contributed by atoms with Gasteiger partial charge in [-0.15, -0.1) is 6.54 Å². The van der Waals surface area contributed by atoms with Crippen molar-refractivity contribution in [1.29, 1.82) is 0 Å². The molecule has 0 heterocycles. The van der Waals surface area contributed by atoms with Gasteiger partial charge in [-0.3, -0.25) is 0 Å². The monoisotopic (exact) mass is 592 g/mol. The molecule has 0 saturated carbocycles. The van der Waals surface area contributed by atoms with E-state index in [1.807, 2.05) is 0 Å². The standard InChI is InChI=1S/C18H15P.C9H19NO.2ClH.Ru/c1-4-10-16(11-5-1)19(17-12-6-2-7-13-17)18-14-8-3-9-15-18;1-3-5-8-11-9-7-10-6-4-2;;;/h1-15H;2-9H2,1H3;2*1H;/q;-2;;;+4/p-1. The third-order valence-electron chi connectivity index (χ3n) is 4.54. The Morgan fingerprint density at radius 3 is 1.55 bits per heavy atom. The Morgan fingerprint density at radius 1 is 0.758 bits per heavy atom. The Labute approximate surface area is 217 Å². The van der Waals surface area contributed by atoms with Crippen molar-refractivity contribution in [1.82, 2.24) is 0 Å². The second-order valence-corrected chi connectivity index (χ2v) is 12.1. The van der Waals surface area contributed by atoms with E-state index < -0.39 is 7.92 Å². The van der Waals surface area contributed by atoms with Crippen LogP contribution in [0.1, 0.15) is 26.2 Å². The van der Waals surface area contributed by atoms with Crippen molar-refractivity contribution >= 4 is 43.2 Å². The van der Waals surface area contributed by atoms with Gasteiger partial charge in [0.15, 0.2) is 0 Å². The molecule has 2 nitrogen and oxygen atoms in total. The van der Waals surface area contributed by atoms with Gasteiger partial charge >= 0.3 is 34.5 Å². The first-order valence-electron chi connectivity index (χ1n) is 11.2. The minimum Gasteiger partial charge on any atom is -0.0620 e. The quantitative estimate of drug-likeness (QED) is 0.102. The van der Waals surface area contributed by atoms with Crippen molar-refractivity contribution in [3.63, 3.8) is 0 Å². The van der Waals surface area contributed by atoms with E-state index in [1.54, 1.807) is 0 Å². The maximum absolute atomic E-state index is 5.31. The van der Waals surface area contributed by atoms with Gasteiger partial charge in [-0.25, -0.2) is 6.42 Å². The van der Waals surface area contributed by atoms with Crippen molar-refractivity contribution < 1.29 is 19.9 Å². The number of unbranched alkanes of at least 4 members (excludes halogenated alkanes) is 1. The molecule has 3 aromatic rings. The molecule has 0 N–H and O–H groups in total. The summed E-state index contributed by atoms with van der Waals surface area (Å²) in [5, 5.41) is 8.51. The molecule has 0 fully saturated rings. The number of rotatable bonds is 11. The zero-order chi connectivity index (χ0) is 24.0. The van der Waals surface area contributed by atoms with Gasteiger partial charge in [-0.05, 0) is 42.8 Å². The van der Waals surface area contributed by atoms with Crippen LogP contribution in [0.4, 0.5) is 0 Å². The predicted octanol–water partition coefficient (Wildman–Crippen LogP) is 6.95. The topological polar surface area (TPSA) is 23.3 Å². The van der Waals surface area contributed by atoms with Crippen LogP contribution in [0.3, 0.4) is 0 Å². The molecular formula is C27H35Cl2NOPRu+. The third-order valence-corrected chi connectivity index (χ3v) is 7.27. The van der Waals surface area contributed by atoms with E-state index in [9.17, 15) is 0 Å². The van der Waals surface area contributed by atoms with Crippen LogP contribution in [0.2, 0.25) is 0 Å². The van der Waals surface area contributed by atoms with Crippen molar-refractivity contribution in [2.75, 3.05) is 26.3 Å². The van der Waals surface area contributed by atoms with Crippen molar-refractivity contribution in [2.24, 2.45) is 0 Å². The van der Waals surface area contributed by atoms with E-state index >= 15 is 0 Å². The van der Waals surface area contributed by atoms with E-state index in [4.69, 9.17) is 24.1 Å². The van der Waals surface area contributed by atoms with Crippen LogP contribution in [0.25, 0.3) is 5.32 Å². The molecule has 3 aromatic carbocycles. The first-order chi connectivity index (χ1) is 16.3. The zero-order valence-electron chi connectivity index (χ0n) is 19.3. The molecule has 0 radical (unpaired) electrons. The average molecular weight is 593 g/mol. The molecule has 0 aliphatic carbocycles. The minimum atomic E-state index is -0.877. The average Bonchev–Trinajstić information content (AvgIpc) is 2.87. The summed E-state index contributed by atoms with van der Waals surface area (Å²) in [5.74, 6) is 0. The number of ether oxygens (including phenoxy) is 1. The molecule has 3 rings (SSSR count). The molecule has 0 spiro atoms. The molecule has 0 unspecified atom stereocenters. The third kappa shape index (κ3) is 14.3. The normalized spacial score (nSPS) is 10.1. The fraction of sp³-hybridized carbons (Fsp3) is 0.296. The summed E-state index contributed by atoms with van der Waals surface area (Å²) in [6.45, 7) is 9.23. The predicted molar refractivity (Wildman–Crippen MR) is 147 cm³/mol. The van der Waals surface area contributed by atoms with Crippen molar-refractivity contribution in [3.8, 4) is 0 Å². The second kappa shape index (κ2) is 21.7. The molecule has 6 heteroatoms. The molecule has 0 bridgehead atoms. The molecule has 0 atom stereocenters. The summed E-state index contributed by atoms with van der Waals surface area (Å²) in [5.41, 5.74) is 0. The van der Waals surface area contributed by atoms with E-state index in [2.05, 4.69) is 110 Å². The summed E-state index contributed by atoms with van der Waals surface area (Å²) in [7, 11) is 8.83. The maximum Gasteiger partial charge on any atom is 0.102 e. The molecule has 0 amide bonds. The van der Waals surface area contributed by atoms with Gasteiger partial charge in [0.1, 0.15) is 15.9 Å². The fourth-order valence-corrected chi connectivity index (χ4v) is 5.59. The van der Waals surface area contributed by atoms with Gasteiger partial charge < -0.3 is 17.0 Å². The van der Waals surface area contributed by atoms with Gasteiger partial charge in [0.05, 0.1) is 7.92 Å². The van der Waals surface area contributed by atoms with Crippen LogP contribution in [0.15, 0.2) is 91.0 Å². The molecule has 0 aromatic heterocycles. The van der Waals surface area contributed by atoms with Gasteiger partial charge in [0.2, 0.25) is 0 Å². The molecule has 0 saturated heterocycles. The Balaban J connectivity index is 0.000000333. The van der Waals surface area contributed by atoms with Crippen LogP contribution in [-0.4, -0.2) is 26.3 Å². The van der Waals surface area contributed by atoms with Crippen molar-refractivity contribution in [3.05, 3.63) is 103 Å². The summed E-state index contributed by atoms with van der Waals surface area (Å²) in [4.78, 5) is 0. The van der Waals surface area contributed by atoms with Crippen LogP contribution in [0, 0.1) is 6.92 Å². The van der Waals surface area contributed by atoms with E-state index in [-0.39, 0.29) is 15.1 Å². The molecular weight excluding hydrogens is 557 g/mol. The first kappa shape index (κ1) is 30.2. The Bertz CT molecular complexity index is 695. The minimum absolute atomic E-state index is 0.346. The summed E-state index contributed by atoms with van der Waals surface area (Å²) >= 11 is -0.346. The summed E-state index contributed by atoms with van der Waals surface area (Å²) in [6, 6.07) is 32.5. The van der Waals surface area contributed by atoms with E-state index in [1.165, 1.54) is 22.3 Å². The van der Waals surface area contributed by atoms with E-state index in [0.29, 0.717) is 0 Å². The Morgan fingerprint density at radius 2 is 1.18 bits per heavy atom. The number of hydrogen-bond donors (Lipinski definition) is 0. The SMILES string of the molecule is [CH2-]CC[N-]CCOCCCC.[Cl][Ru+2][Cl].c1ccc([PH+](c2ccccc2)c2ccccc2)cc1. The van der Waals surface area contributed by atoms with E-state index in [0.717, 1.165) is 39.1 Å². The maximum atomic E-state index is 5.31. The first-order valence-corrected chi connectivity index (χ1v) is 17.1. The number of nitrogens with zero attached hydrogens (tertiary/aromatic N) is 1. The van der Waals surface area contributed by atoms with Crippen molar-refractivity contribution in [2.45, 2.75) is 26.2 Å². The number of benzene rings is 3. The van der Waals surface area contributed by atoms with Crippen LogP contribution in [0.5, 0.6) is 0 Å². The molecule has 33 heavy (non-hydrogen) atoms. The molecule has 0 aliphatic heterocycles. The number of hydrogen-bond acceptors (Lipinski definition) is 1. The number of halogens is 2. The van der Waals surface area contributed by atoms with Crippen LogP contribution in [-0.2, 0) is 19.9 Å². The summed E-state index contributed by atoms with van der Waals surface area (Å²) < 4.78 is 5.31. The smallest absolute Gasteiger partial charge is 0.0620 e. The van der Waals surface area contributed by atoms with Crippen LogP contribution < -0.4 is 15.9 Å². The Kier molecular flexibility index (Phi) is 19.9. The molecule has 180 valence electrons. The fourth-order valence-electron chi connectivity index (χ4n) is 3.02.